The first kappa shape index (κ1) is 10.5. The number of hydrogen-bond acceptors (Lipinski definition) is 3. The fraction of sp³-hybridized carbons (Fsp3) is 0.273. The number of fused-ring (bicyclic) bond motifs is 1. The van der Waals surface area contributed by atoms with Gasteiger partial charge >= 0.3 is 0 Å². The van der Waals surface area contributed by atoms with E-state index in [1.807, 2.05) is 0 Å². The van der Waals surface area contributed by atoms with Gasteiger partial charge in [-0.05, 0) is 18.2 Å². The zero-order chi connectivity index (χ0) is 11.7. The maximum atomic E-state index is 11.7. The first-order chi connectivity index (χ1) is 7.58. The first-order valence-electron chi connectivity index (χ1n) is 4.86. The zero-order valence-corrected chi connectivity index (χ0v) is 9.11. The molecule has 1 aliphatic heterocycles. The average Bonchev–Trinajstić information content (AvgIpc) is 2.26. The monoisotopic (exact) mass is 220 g/mol. The molecule has 1 N–H and O–H groups in total. The summed E-state index contributed by atoms with van der Waals surface area (Å²) in [5.41, 5.74) is 1.07. The maximum Gasteiger partial charge on any atom is 0.262 e. The van der Waals surface area contributed by atoms with Gasteiger partial charge in [0.1, 0.15) is 5.75 Å². The summed E-state index contributed by atoms with van der Waals surface area (Å²) >= 11 is 0. The number of amides is 2. The second kappa shape index (κ2) is 3.84. The topological polar surface area (TPSA) is 58.6 Å². The molecule has 2 rings (SSSR count). The van der Waals surface area contributed by atoms with Crippen LogP contribution in [0.4, 0.5) is 5.69 Å². The summed E-state index contributed by atoms with van der Waals surface area (Å²) in [6.45, 7) is 0.0218. The van der Waals surface area contributed by atoms with Gasteiger partial charge in [-0.25, -0.2) is 0 Å². The molecule has 0 spiro atoms. The lowest BCUT2D eigenvalue weighted by Gasteiger charge is -2.19. The van der Waals surface area contributed by atoms with E-state index in [0.717, 1.165) is 0 Å². The second-order valence-electron chi connectivity index (χ2n) is 3.75. The number of anilines is 1. The van der Waals surface area contributed by atoms with Gasteiger partial charge in [-0.2, -0.15) is 0 Å². The molecular weight excluding hydrogens is 208 g/mol. The van der Waals surface area contributed by atoms with E-state index in [-0.39, 0.29) is 18.4 Å². The number of benzene rings is 1. The molecule has 2 amide bonds. The van der Waals surface area contributed by atoms with E-state index in [1.165, 1.54) is 4.90 Å². The van der Waals surface area contributed by atoms with Crippen molar-refractivity contribution in [2.75, 3.05) is 26.0 Å². The number of nitrogens with zero attached hydrogens (tertiary/aromatic N) is 1. The summed E-state index contributed by atoms with van der Waals surface area (Å²) < 4.78 is 5.19. The molecule has 1 heterocycles. The number of ether oxygens (including phenoxy) is 1. The molecule has 0 aliphatic carbocycles. The molecular formula is C11H12N2O3. The van der Waals surface area contributed by atoms with E-state index >= 15 is 0 Å². The van der Waals surface area contributed by atoms with Crippen molar-refractivity contribution in [1.82, 2.24) is 4.90 Å². The Morgan fingerprint density at radius 2 is 2.19 bits per heavy atom. The van der Waals surface area contributed by atoms with Crippen LogP contribution < -0.4 is 10.1 Å². The van der Waals surface area contributed by atoms with Crippen molar-refractivity contribution in [1.29, 1.82) is 0 Å². The summed E-state index contributed by atoms with van der Waals surface area (Å²) in [6, 6.07) is 4.98. The molecule has 1 aromatic rings. The van der Waals surface area contributed by atoms with Crippen LogP contribution in [-0.2, 0) is 4.79 Å². The van der Waals surface area contributed by atoms with Crippen molar-refractivity contribution in [3.8, 4) is 5.75 Å². The average molecular weight is 220 g/mol. The van der Waals surface area contributed by atoms with Gasteiger partial charge in [0.15, 0.2) is 6.61 Å². The Balaban J connectivity index is 2.35. The van der Waals surface area contributed by atoms with Gasteiger partial charge in [-0.3, -0.25) is 9.59 Å². The molecule has 0 aromatic heterocycles. The van der Waals surface area contributed by atoms with Crippen molar-refractivity contribution >= 4 is 17.5 Å². The smallest absolute Gasteiger partial charge is 0.262 e. The predicted molar refractivity (Wildman–Crippen MR) is 58.6 cm³/mol. The summed E-state index contributed by atoms with van der Waals surface area (Å²) in [6.07, 6.45) is 0. The molecule has 0 bridgehead atoms. The van der Waals surface area contributed by atoms with Crippen LogP contribution in [0.5, 0.6) is 5.75 Å². The highest BCUT2D eigenvalue weighted by Gasteiger charge is 2.18. The molecule has 5 heteroatoms. The summed E-state index contributed by atoms with van der Waals surface area (Å²) in [7, 11) is 3.35. The standard InChI is InChI=1S/C11H12N2O3/c1-13(2)11(15)7-3-4-9-8(5-7)12-10(14)6-16-9/h3-5H,6H2,1-2H3,(H,12,14). The molecule has 1 aromatic carbocycles. The molecule has 0 unspecified atom stereocenters. The van der Waals surface area contributed by atoms with Gasteiger partial charge in [0, 0.05) is 19.7 Å². The Morgan fingerprint density at radius 3 is 2.88 bits per heavy atom. The summed E-state index contributed by atoms with van der Waals surface area (Å²) in [5.74, 6) is 0.277. The minimum absolute atomic E-state index is 0.0218. The van der Waals surface area contributed by atoms with Gasteiger partial charge < -0.3 is 15.0 Å². The van der Waals surface area contributed by atoms with E-state index in [1.54, 1.807) is 32.3 Å². The molecule has 1 aliphatic rings. The quantitative estimate of drug-likeness (QED) is 0.758. The van der Waals surface area contributed by atoms with Gasteiger partial charge in [0.2, 0.25) is 0 Å². The zero-order valence-electron chi connectivity index (χ0n) is 9.11. The third kappa shape index (κ3) is 1.84. The molecule has 0 fully saturated rings. The lowest BCUT2D eigenvalue weighted by atomic mass is 10.1. The Labute approximate surface area is 93.0 Å². The Bertz CT molecular complexity index is 455. The number of nitrogens with one attached hydrogen (secondary N) is 1. The van der Waals surface area contributed by atoms with Gasteiger partial charge in [-0.15, -0.1) is 0 Å². The SMILES string of the molecule is CN(C)C(=O)c1ccc2c(c1)NC(=O)CO2. The normalized spacial score (nSPS) is 13.5. The van der Waals surface area contributed by atoms with Crippen LogP contribution in [-0.4, -0.2) is 37.4 Å². The van der Waals surface area contributed by atoms with E-state index in [9.17, 15) is 9.59 Å². The molecule has 5 nitrogen and oxygen atoms in total. The van der Waals surface area contributed by atoms with Crippen LogP contribution in [0.15, 0.2) is 18.2 Å². The fourth-order valence-corrected chi connectivity index (χ4v) is 1.47. The van der Waals surface area contributed by atoms with E-state index in [4.69, 9.17) is 4.74 Å². The van der Waals surface area contributed by atoms with Gasteiger partial charge in [0.25, 0.3) is 11.8 Å². The van der Waals surface area contributed by atoms with Crippen molar-refractivity contribution in [3.05, 3.63) is 23.8 Å². The molecule has 0 radical (unpaired) electrons. The Hall–Kier alpha value is -2.04. The van der Waals surface area contributed by atoms with Crippen molar-refractivity contribution in [2.45, 2.75) is 0 Å². The fourth-order valence-electron chi connectivity index (χ4n) is 1.47. The molecule has 0 atom stereocenters. The van der Waals surface area contributed by atoms with Gasteiger partial charge in [-0.1, -0.05) is 0 Å². The Kier molecular flexibility index (Phi) is 2.52. The number of carbonyl (C=O) groups is 2. The van der Waals surface area contributed by atoms with Crippen molar-refractivity contribution in [3.63, 3.8) is 0 Å². The van der Waals surface area contributed by atoms with Crippen LogP contribution in [0.25, 0.3) is 0 Å². The highest BCUT2D eigenvalue weighted by atomic mass is 16.5. The minimum atomic E-state index is -0.207. The number of rotatable bonds is 1. The third-order valence-electron chi connectivity index (χ3n) is 2.27. The molecule has 0 saturated heterocycles. The lowest BCUT2D eigenvalue weighted by Crippen LogP contribution is -2.26. The lowest BCUT2D eigenvalue weighted by molar-refractivity contribution is -0.118. The van der Waals surface area contributed by atoms with Crippen molar-refractivity contribution in [2.24, 2.45) is 0 Å². The third-order valence-corrected chi connectivity index (χ3v) is 2.27. The largest absolute Gasteiger partial charge is 0.482 e. The first-order valence-corrected chi connectivity index (χ1v) is 4.86. The van der Waals surface area contributed by atoms with E-state index < -0.39 is 0 Å². The van der Waals surface area contributed by atoms with Crippen molar-refractivity contribution < 1.29 is 14.3 Å². The number of hydrogen-bond donors (Lipinski definition) is 1. The highest BCUT2D eigenvalue weighted by molar-refractivity contribution is 5.99. The van der Waals surface area contributed by atoms with Crippen LogP contribution in [0.1, 0.15) is 10.4 Å². The van der Waals surface area contributed by atoms with Gasteiger partial charge in [0.05, 0.1) is 5.69 Å². The maximum absolute atomic E-state index is 11.7. The summed E-state index contributed by atoms with van der Waals surface area (Å²) in [5, 5.41) is 2.66. The summed E-state index contributed by atoms with van der Waals surface area (Å²) in [4.78, 5) is 24.3. The van der Waals surface area contributed by atoms with E-state index in [2.05, 4.69) is 5.32 Å². The minimum Gasteiger partial charge on any atom is -0.482 e. The van der Waals surface area contributed by atoms with Crippen LogP contribution >= 0.6 is 0 Å². The van der Waals surface area contributed by atoms with Crippen LogP contribution in [0, 0.1) is 0 Å². The predicted octanol–water partition coefficient (Wildman–Crippen LogP) is 0.719. The molecule has 16 heavy (non-hydrogen) atoms. The number of carbonyl (C=O) groups excluding carboxylic acids is 2. The Morgan fingerprint density at radius 1 is 1.44 bits per heavy atom. The van der Waals surface area contributed by atoms with Crippen LogP contribution in [0.2, 0.25) is 0 Å². The molecule has 84 valence electrons. The van der Waals surface area contributed by atoms with Crippen LogP contribution in [0.3, 0.4) is 0 Å². The second-order valence-corrected chi connectivity index (χ2v) is 3.75. The highest BCUT2D eigenvalue weighted by Crippen LogP contribution is 2.28. The van der Waals surface area contributed by atoms with E-state index in [0.29, 0.717) is 17.0 Å². The molecule has 0 saturated carbocycles.